The van der Waals surface area contributed by atoms with Crippen molar-refractivity contribution in [3.8, 4) is 6.07 Å². The molecule has 0 atom stereocenters. The molecule has 18 heavy (non-hydrogen) atoms. The topological polar surface area (TPSA) is 35.8 Å². The van der Waals surface area contributed by atoms with E-state index in [9.17, 15) is 0 Å². The van der Waals surface area contributed by atoms with Gasteiger partial charge in [0.15, 0.2) is 0 Å². The molecular weight excluding hydrogens is 332 g/mol. The molecule has 0 bridgehead atoms. The van der Waals surface area contributed by atoms with Crippen molar-refractivity contribution in [2.75, 3.05) is 5.32 Å². The number of thiophene rings is 1. The smallest absolute Gasteiger partial charge is 0.101 e. The minimum absolute atomic E-state index is 0.478. The van der Waals surface area contributed by atoms with Crippen molar-refractivity contribution >= 4 is 44.6 Å². The number of rotatable bonds is 3. The fraction of sp³-hybridized carbons (Fsp3) is 0.154. The minimum atomic E-state index is 0.478. The van der Waals surface area contributed by atoms with E-state index < -0.39 is 0 Å². The van der Waals surface area contributed by atoms with E-state index in [2.05, 4.69) is 34.2 Å². The van der Waals surface area contributed by atoms with Crippen molar-refractivity contribution in [3.05, 3.63) is 49.1 Å². The zero-order valence-corrected chi connectivity index (χ0v) is 12.8. The van der Waals surface area contributed by atoms with Gasteiger partial charge in [0.1, 0.15) is 6.07 Å². The molecule has 2 rings (SSSR count). The molecule has 1 aromatic heterocycles. The van der Waals surface area contributed by atoms with Crippen LogP contribution in [0.4, 0.5) is 5.69 Å². The molecule has 0 fully saturated rings. The lowest BCUT2D eigenvalue weighted by Crippen LogP contribution is -1.97. The predicted molar refractivity (Wildman–Crippen MR) is 80.2 cm³/mol. The largest absolute Gasteiger partial charge is 0.380 e. The van der Waals surface area contributed by atoms with Crippen molar-refractivity contribution < 1.29 is 0 Å². The number of hydrogen-bond donors (Lipinski definition) is 1. The van der Waals surface area contributed by atoms with Gasteiger partial charge >= 0.3 is 0 Å². The molecule has 0 saturated carbocycles. The predicted octanol–water partition coefficient (Wildman–Crippen LogP) is 4.96. The molecule has 0 radical (unpaired) electrons. The number of anilines is 1. The van der Waals surface area contributed by atoms with E-state index in [0.717, 1.165) is 16.7 Å². The SMILES string of the molecule is Cc1sc(CNc2ccc(C#N)c(Cl)c2)cc1Br. The first kappa shape index (κ1) is 13.4. The maximum atomic E-state index is 8.79. The highest BCUT2D eigenvalue weighted by Crippen LogP contribution is 2.27. The summed E-state index contributed by atoms with van der Waals surface area (Å²) in [5.41, 5.74) is 1.41. The van der Waals surface area contributed by atoms with Gasteiger partial charge in [-0.05, 0) is 47.1 Å². The summed E-state index contributed by atoms with van der Waals surface area (Å²) in [7, 11) is 0. The van der Waals surface area contributed by atoms with Crippen LogP contribution in [0.25, 0.3) is 0 Å². The second-order valence-electron chi connectivity index (χ2n) is 3.78. The summed E-state index contributed by atoms with van der Waals surface area (Å²) < 4.78 is 1.14. The van der Waals surface area contributed by atoms with Gasteiger partial charge in [-0.3, -0.25) is 0 Å². The van der Waals surface area contributed by atoms with Crippen LogP contribution in [0.15, 0.2) is 28.7 Å². The lowest BCUT2D eigenvalue weighted by molar-refractivity contribution is 1.19. The number of nitriles is 1. The molecule has 0 aliphatic heterocycles. The average Bonchev–Trinajstić information content (AvgIpc) is 2.66. The molecule has 1 aromatic carbocycles. The lowest BCUT2D eigenvalue weighted by Gasteiger charge is -2.05. The third kappa shape index (κ3) is 3.05. The van der Waals surface area contributed by atoms with Gasteiger partial charge in [0.25, 0.3) is 0 Å². The van der Waals surface area contributed by atoms with Crippen LogP contribution in [0.1, 0.15) is 15.3 Å². The monoisotopic (exact) mass is 340 g/mol. The van der Waals surface area contributed by atoms with E-state index in [-0.39, 0.29) is 0 Å². The molecule has 1 N–H and O–H groups in total. The third-order valence-corrected chi connectivity index (χ3v) is 4.91. The van der Waals surface area contributed by atoms with Crippen molar-refractivity contribution in [1.82, 2.24) is 0 Å². The highest BCUT2D eigenvalue weighted by Gasteiger charge is 2.04. The van der Waals surface area contributed by atoms with E-state index in [0.29, 0.717) is 10.6 Å². The summed E-state index contributed by atoms with van der Waals surface area (Å²) in [6.45, 7) is 2.83. The lowest BCUT2D eigenvalue weighted by atomic mass is 10.2. The summed E-state index contributed by atoms with van der Waals surface area (Å²) in [5, 5.41) is 12.6. The number of nitrogens with zero attached hydrogens (tertiary/aromatic N) is 1. The van der Waals surface area contributed by atoms with E-state index in [1.807, 2.05) is 12.1 Å². The van der Waals surface area contributed by atoms with Crippen molar-refractivity contribution in [2.45, 2.75) is 13.5 Å². The Hall–Kier alpha value is -1.02. The highest BCUT2D eigenvalue weighted by molar-refractivity contribution is 9.10. The Morgan fingerprint density at radius 3 is 2.78 bits per heavy atom. The van der Waals surface area contributed by atoms with Crippen LogP contribution in [0, 0.1) is 18.3 Å². The zero-order chi connectivity index (χ0) is 13.1. The van der Waals surface area contributed by atoms with Gasteiger partial charge in [-0.15, -0.1) is 11.3 Å². The van der Waals surface area contributed by atoms with E-state index in [1.54, 1.807) is 23.5 Å². The second kappa shape index (κ2) is 5.75. The van der Waals surface area contributed by atoms with Crippen LogP contribution in [0.3, 0.4) is 0 Å². The maximum Gasteiger partial charge on any atom is 0.101 e. The Labute approximate surface area is 123 Å². The Balaban J connectivity index is 2.07. The molecule has 0 spiro atoms. The summed E-state index contributed by atoms with van der Waals surface area (Å²) in [6.07, 6.45) is 0. The van der Waals surface area contributed by atoms with Gasteiger partial charge in [-0.2, -0.15) is 5.26 Å². The Morgan fingerprint density at radius 2 is 2.22 bits per heavy atom. The highest BCUT2D eigenvalue weighted by atomic mass is 79.9. The molecule has 0 unspecified atom stereocenters. The Morgan fingerprint density at radius 1 is 1.44 bits per heavy atom. The molecule has 0 saturated heterocycles. The summed E-state index contributed by atoms with van der Waals surface area (Å²) in [5.74, 6) is 0. The maximum absolute atomic E-state index is 8.79. The number of halogens is 2. The Bertz CT molecular complexity index is 596. The summed E-state index contributed by atoms with van der Waals surface area (Å²) >= 11 is 11.2. The van der Waals surface area contributed by atoms with Gasteiger partial charge in [0.05, 0.1) is 10.6 Å². The Kier molecular flexibility index (Phi) is 4.28. The third-order valence-electron chi connectivity index (χ3n) is 2.46. The molecular formula is C13H10BrClN2S. The average molecular weight is 342 g/mol. The van der Waals surface area contributed by atoms with Crippen molar-refractivity contribution in [3.63, 3.8) is 0 Å². The van der Waals surface area contributed by atoms with Crippen molar-refractivity contribution in [2.24, 2.45) is 0 Å². The molecule has 0 amide bonds. The first-order valence-electron chi connectivity index (χ1n) is 5.28. The van der Waals surface area contributed by atoms with E-state index in [1.165, 1.54) is 9.75 Å². The molecule has 1 heterocycles. The van der Waals surface area contributed by atoms with Crippen LogP contribution >= 0.6 is 38.9 Å². The van der Waals surface area contributed by atoms with Gasteiger partial charge in [0.2, 0.25) is 0 Å². The van der Waals surface area contributed by atoms with Crippen LogP contribution in [0.2, 0.25) is 5.02 Å². The number of hydrogen-bond acceptors (Lipinski definition) is 3. The van der Waals surface area contributed by atoms with Gasteiger partial charge in [0, 0.05) is 26.5 Å². The van der Waals surface area contributed by atoms with Crippen LogP contribution < -0.4 is 5.32 Å². The number of nitrogens with one attached hydrogen (secondary N) is 1. The summed E-state index contributed by atoms with van der Waals surface area (Å²) in [4.78, 5) is 2.52. The molecule has 92 valence electrons. The quantitative estimate of drug-likeness (QED) is 0.856. The number of benzene rings is 1. The molecule has 2 aromatic rings. The van der Waals surface area contributed by atoms with Gasteiger partial charge < -0.3 is 5.32 Å². The standard InChI is InChI=1S/C13H10BrClN2S/c1-8-12(14)5-11(18-8)7-17-10-3-2-9(6-16)13(15)4-10/h2-5,17H,7H2,1H3. The van der Waals surface area contributed by atoms with Crippen molar-refractivity contribution in [1.29, 1.82) is 5.26 Å². The summed E-state index contributed by atoms with van der Waals surface area (Å²) in [6, 6.07) is 9.51. The normalized spacial score (nSPS) is 10.1. The first-order chi connectivity index (χ1) is 8.60. The van der Waals surface area contributed by atoms with E-state index in [4.69, 9.17) is 16.9 Å². The van der Waals surface area contributed by atoms with Crippen LogP contribution in [0.5, 0.6) is 0 Å². The van der Waals surface area contributed by atoms with E-state index >= 15 is 0 Å². The fourth-order valence-electron chi connectivity index (χ4n) is 1.51. The molecule has 0 aliphatic carbocycles. The van der Waals surface area contributed by atoms with Gasteiger partial charge in [-0.25, -0.2) is 0 Å². The first-order valence-corrected chi connectivity index (χ1v) is 7.27. The molecule has 5 heteroatoms. The zero-order valence-electron chi connectivity index (χ0n) is 9.63. The number of aryl methyl sites for hydroxylation is 1. The molecule has 0 aliphatic rings. The van der Waals surface area contributed by atoms with Crippen LogP contribution in [-0.4, -0.2) is 0 Å². The second-order valence-corrected chi connectivity index (χ2v) is 6.38. The molecule has 2 nitrogen and oxygen atoms in total. The van der Waals surface area contributed by atoms with Gasteiger partial charge in [-0.1, -0.05) is 11.6 Å². The van der Waals surface area contributed by atoms with Crippen LogP contribution in [-0.2, 0) is 6.54 Å². The fourth-order valence-corrected chi connectivity index (χ4v) is 3.27. The minimum Gasteiger partial charge on any atom is -0.380 e.